The van der Waals surface area contributed by atoms with E-state index >= 15 is 0 Å². The number of fused-ring (bicyclic) bond motifs is 1. The van der Waals surface area contributed by atoms with E-state index in [1.54, 1.807) is 0 Å². The molecule has 2 atom stereocenters. The van der Waals surface area contributed by atoms with Gasteiger partial charge in [0.15, 0.2) is 0 Å². The minimum atomic E-state index is -0.157. The average Bonchev–Trinajstić information content (AvgIpc) is 2.41. The summed E-state index contributed by atoms with van der Waals surface area (Å²) >= 11 is 0. The zero-order chi connectivity index (χ0) is 12.5. The van der Waals surface area contributed by atoms with E-state index in [1.807, 2.05) is 0 Å². The number of hydrogen-bond donors (Lipinski definition) is 1. The van der Waals surface area contributed by atoms with Crippen LogP contribution in [0, 0.1) is 0 Å². The van der Waals surface area contributed by atoms with Crippen LogP contribution in [0.3, 0.4) is 0 Å². The Morgan fingerprint density at radius 2 is 1.78 bits per heavy atom. The highest BCUT2D eigenvalue weighted by Crippen LogP contribution is 2.36. The molecular formula is C15H22N2O. The second-order valence-electron chi connectivity index (χ2n) is 5.52. The summed E-state index contributed by atoms with van der Waals surface area (Å²) in [4.78, 5) is 4.74. The molecule has 0 saturated heterocycles. The molecule has 0 spiro atoms. The molecule has 1 N–H and O–H groups in total. The third-order valence-corrected chi connectivity index (χ3v) is 4.37. The van der Waals surface area contributed by atoms with Crippen molar-refractivity contribution in [2.75, 3.05) is 29.9 Å². The first kappa shape index (κ1) is 11.8. The normalized spacial score (nSPS) is 28.1. The molecule has 3 heteroatoms. The van der Waals surface area contributed by atoms with Crippen LogP contribution in [-0.4, -0.2) is 37.4 Å². The molecule has 2 aliphatic rings. The second kappa shape index (κ2) is 4.81. The molecular weight excluding hydrogens is 224 g/mol. The molecule has 3 nitrogen and oxygen atoms in total. The van der Waals surface area contributed by atoms with E-state index in [0.29, 0.717) is 6.04 Å². The maximum atomic E-state index is 10.3. The van der Waals surface area contributed by atoms with Crippen LogP contribution in [0.15, 0.2) is 24.3 Å². The Labute approximate surface area is 109 Å². The number of rotatable bonds is 1. The second-order valence-corrected chi connectivity index (χ2v) is 5.52. The topological polar surface area (TPSA) is 26.7 Å². The van der Waals surface area contributed by atoms with E-state index in [0.717, 1.165) is 25.9 Å². The van der Waals surface area contributed by atoms with Gasteiger partial charge in [-0.3, -0.25) is 0 Å². The molecule has 98 valence electrons. The Morgan fingerprint density at radius 1 is 1.06 bits per heavy atom. The van der Waals surface area contributed by atoms with Gasteiger partial charge in [0.1, 0.15) is 0 Å². The summed E-state index contributed by atoms with van der Waals surface area (Å²) in [6.45, 7) is 2.06. The highest BCUT2D eigenvalue weighted by molar-refractivity contribution is 5.73. The first-order valence-corrected chi connectivity index (χ1v) is 7.02. The van der Waals surface area contributed by atoms with Crippen molar-refractivity contribution in [1.82, 2.24) is 0 Å². The Balaban J connectivity index is 1.91. The lowest BCUT2D eigenvalue weighted by atomic mass is 9.90. The van der Waals surface area contributed by atoms with Gasteiger partial charge < -0.3 is 14.9 Å². The van der Waals surface area contributed by atoms with Crippen LogP contribution in [0.5, 0.6) is 0 Å². The molecule has 0 bridgehead atoms. The monoisotopic (exact) mass is 246 g/mol. The number of nitrogens with zero attached hydrogens (tertiary/aromatic N) is 2. The molecule has 1 aliphatic carbocycles. The van der Waals surface area contributed by atoms with E-state index in [9.17, 15) is 5.11 Å². The number of benzene rings is 1. The van der Waals surface area contributed by atoms with E-state index in [-0.39, 0.29) is 6.10 Å². The zero-order valence-corrected chi connectivity index (χ0v) is 11.0. The highest BCUT2D eigenvalue weighted by Gasteiger charge is 2.32. The van der Waals surface area contributed by atoms with Gasteiger partial charge in [-0.25, -0.2) is 0 Å². The van der Waals surface area contributed by atoms with Gasteiger partial charge in [0, 0.05) is 20.1 Å². The van der Waals surface area contributed by atoms with Crippen molar-refractivity contribution >= 4 is 11.4 Å². The maximum absolute atomic E-state index is 10.3. The van der Waals surface area contributed by atoms with Gasteiger partial charge in [-0.2, -0.15) is 0 Å². The first-order chi connectivity index (χ1) is 8.77. The quantitative estimate of drug-likeness (QED) is 0.823. The predicted octanol–water partition coefficient (Wildman–Crippen LogP) is 2.25. The third kappa shape index (κ3) is 1.97. The van der Waals surface area contributed by atoms with E-state index in [1.165, 1.54) is 24.2 Å². The van der Waals surface area contributed by atoms with Crippen molar-refractivity contribution in [3.8, 4) is 0 Å². The van der Waals surface area contributed by atoms with Crippen LogP contribution in [-0.2, 0) is 0 Å². The van der Waals surface area contributed by atoms with Crippen molar-refractivity contribution in [2.24, 2.45) is 0 Å². The average molecular weight is 246 g/mol. The molecule has 1 aromatic carbocycles. The van der Waals surface area contributed by atoms with E-state index in [4.69, 9.17) is 0 Å². The van der Waals surface area contributed by atoms with Crippen molar-refractivity contribution in [1.29, 1.82) is 0 Å². The van der Waals surface area contributed by atoms with Crippen LogP contribution >= 0.6 is 0 Å². The first-order valence-electron chi connectivity index (χ1n) is 7.02. The lowest BCUT2D eigenvalue weighted by Crippen LogP contribution is -2.51. The summed E-state index contributed by atoms with van der Waals surface area (Å²) in [5.41, 5.74) is 2.58. The summed E-state index contributed by atoms with van der Waals surface area (Å²) in [5, 5.41) is 10.3. The zero-order valence-electron chi connectivity index (χ0n) is 11.0. The summed E-state index contributed by atoms with van der Waals surface area (Å²) in [7, 11) is 2.15. The third-order valence-electron chi connectivity index (χ3n) is 4.37. The molecule has 0 aromatic heterocycles. The summed E-state index contributed by atoms with van der Waals surface area (Å²) < 4.78 is 0. The predicted molar refractivity (Wildman–Crippen MR) is 75.3 cm³/mol. The standard InChI is InChI=1S/C15H22N2O/c1-16-10-11-17(13-7-3-2-6-12(13)16)14-8-4-5-9-15(14)18/h2-3,6-7,14-15,18H,4-5,8-11H2,1H3. The smallest absolute Gasteiger partial charge is 0.0743 e. The molecule has 1 saturated carbocycles. The largest absolute Gasteiger partial charge is 0.391 e. The maximum Gasteiger partial charge on any atom is 0.0743 e. The van der Waals surface area contributed by atoms with Gasteiger partial charge in [0.2, 0.25) is 0 Å². The van der Waals surface area contributed by atoms with Crippen molar-refractivity contribution in [2.45, 2.75) is 37.8 Å². The number of hydrogen-bond acceptors (Lipinski definition) is 3. The fraction of sp³-hybridized carbons (Fsp3) is 0.600. The lowest BCUT2D eigenvalue weighted by molar-refractivity contribution is 0.104. The van der Waals surface area contributed by atoms with Gasteiger partial charge in [-0.1, -0.05) is 25.0 Å². The van der Waals surface area contributed by atoms with Crippen molar-refractivity contribution in [3.63, 3.8) is 0 Å². The van der Waals surface area contributed by atoms with Gasteiger partial charge in [0.25, 0.3) is 0 Å². The molecule has 1 fully saturated rings. The van der Waals surface area contributed by atoms with Gasteiger partial charge in [-0.15, -0.1) is 0 Å². The minimum absolute atomic E-state index is 0.157. The van der Waals surface area contributed by atoms with E-state index in [2.05, 4.69) is 41.1 Å². The molecule has 3 rings (SSSR count). The molecule has 0 radical (unpaired) electrons. The number of anilines is 2. The molecule has 1 aromatic rings. The van der Waals surface area contributed by atoms with Crippen LogP contribution in [0.1, 0.15) is 25.7 Å². The Kier molecular flexibility index (Phi) is 3.16. The van der Waals surface area contributed by atoms with Crippen LogP contribution in [0.4, 0.5) is 11.4 Å². The summed E-state index contributed by atoms with van der Waals surface area (Å²) in [6, 6.07) is 8.87. The minimum Gasteiger partial charge on any atom is -0.391 e. The van der Waals surface area contributed by atoms with Gasteiger partial charge >= 0.3 is 0 Å². The SMILES string of the molecule is CN1CCN(C2CCCCC2O)c2ccccc21. The Hall–Kier alpha value is -1.22. The van der Waals surface area contributed by atoms with Crippen molar-refractivity contribution < 1.29 is 5.11 Å². The van der Waals surface area contributed by atoms with Crippen LogP contribution in [0.2, 0.25) is 0 Å². The molecule has 18 heavy (non-hydrogen) atoms. The van der Waals surface area contributed by atoms with Crippen LogP contribution in [0.25, 0.3) is 0 Å². The fourth-order valence-corrected chi connectivity index (χ4v) is 3.33. The van der Waals surface area contributed by atoms with Gasteiger partial charge in [-0.05, 0) is 25.0 Å². The number of para-hydroxylation sites is 2. The van der Waals surface area contributed by atoms with E-state index < -0.39 is 0 Å². The Morgan fingerprint density at radius 3 is 2.56 bits per heavy atom. The molecule has 1 heterocycles. The number of aliphatic hydroxyl groups excluding tert-OH is 1. The molecule has 2 unspecified atom stereocenters. The highest BCUT2D eigenvalue weighted by atomic mass is 16.3. The fourth-order valence-electron chi connectivity index (χ4n) is 3.33. The van der Waals surface area contributed by atoms with Crippen molar-refractivity contribution in [3.05, 3.63) is 24.3 Å². The number of likely N-dealkylation sites (N-methyl/N-ethyl adjacent to an activating group) is 1. The number of aliphatic hydroxyl groups is 1. The Bertz CT molecular complexity index is 421. The van der Waals surface area contributed by atoms with Gasteiger partial charge in [0.05, 0.1) is 23.5 Å². The van der Waals surface area contributed by atoms with Crippen LogP contribution < -0.4 is 9.80 Å². The lowest BCUT2D eigenvalue weighted by Gasteiger charge is -2.44. The molecule has 0 amide bonds. The summed E-state index contributed by atoms with van der Waals surface area (Å²) in [5.74, 6) is 0. The molecule has 1 aliphatic heterocycles. The summed E-state index contributed by atoms with van der Waals surface area (Å²) in [6.07, 6.45) is 4.34.